The van der Waals surface area contributed by atoms with Crippen molar-refractivity contribution in [1.29, 1.82) is 0 Å². The average Bonchev–Trinajstić information content (AvgIpc) is 3.07. The molecule has 0 saturated carbocycles. The zero-order valence-corrected chi connectivity index (χ0v) is 18.7. The third kappa shape index (κ3) is 6.49. The number of fused-ring (bicyclic) bond motifs is 1. The van der Waals surface area contributed by atoms with Crippen molar-refractivity contribution in [2.45, 2.75) is 32.6 Å². The van der Waals surface area contributed by atoms with Gasteiger partial charge in [0, 0.05) is 25.3 Å². The number of amides is 3. The topological polar surface area (TPSA) is 102 Å². The predicted octanol–water partition coefficient (Wildman–Crippen LogP) is 3.68. The van der Waals surface area contributed by atoms with Gasteiger partial charge in [0.15, 0.2) is 0 Å². The third-order valence-electron chi connectivity index (χ3n) is 5.23. The molecule has 0 fully saturated rings. The van der Waals surface area contributed by atoms with Crippen molar-refractivity contribution in [2.24, 2.45) is 0 Å². The van der Waals surface area contributed by atoms with Crippen molar-refractivity contribution in [2.75, 3.05) is 31.7 Å². The molecule has 1 aliphatic rings. The van der Waals surface area contributed by atoms with E-state index in [1.165, 1.54) is 4.90 Å². The Morgan fingerprint density at radius 3 is 2.18 bits per heavy atom. The molecule has 0 spiro atoms. The zero-order chi connectivity index (χ0) is 23.6. The van der Waals surface area contributed by atoms with Crippen molar-refractivity contribution in [3.05, 3.63) is 65.2 Å². The van der Waals surface area contributed by atoms with Crippen LogP contribution in [-0.2, 0) is 14.3 Å². The molecule has 2 aromatic rings. The molecule has 8 heteroatoms. The number of rotatable bonds is 12. The fraction of sp³-hybridized carbons (Fsp3) is 0.360. The highest BCUT2D eigenvalue weighted by molar-refractivity contribution is 6.21. The van der Waals surface area contributed by atoms with Crippen LogP contribution in [0.3, 0.4) is 0 Å². The van der Waals surface area contributed by atoms with Gasteiger partial charge in [0.25, 0.3) is 11.8 Å². The molecule has 1 aliphatic heterocycles. The summed E-state index contributed by atoms with van der Waals surface area (Å²) in [6.07, 6.45) is 2.31. The van der Waals surface area contributed by atoms with Crippen LogP contribution in [0.5, 0.6) is 0 Å². The van der Waals surface area contributed by atoms with Crippen molar-refractivity contribution in [1.82, 2.24) is 4.90 Å². The van der Waals surface area contributed by atoms with E-state index < -0.39 is 5.97 Å². The minimum atomic E-state index is -0.439. The smallest absolute Gasteiger partial charge is 0.338 e. The van der Waals surface area contributed by atoms with Gasteiger partial charge >= 0.3 is 5.97 Å². The Morgan fingerprint density at radius 2 is 1.55 bits per heavy atom. The summed E-state index contributed by atoms with van der Waals surface area (Å²) in [7, 11) is 0. The van der Waals surface area contributed by atoms with Gasteiger partial charge in [-0.2, -0.15) is 0 Å². The van der Waals surface area contributed by atoms with E-state index in [2.05, 4.69) is 5.32 Å². The number of nitrogens with one attached hydrogen (secondary N) is 1. The number of hydrogen-bond acceptors (Lipinski definition) is 6. The zero-order valence-electron chi connectivity index (χ0n) is 18.7. The Hall–Kier alpha value is -3.52. The van der Waals surface area contributed by atoms with E-state index in [0.717, 1.165) is 0 Å². The van der Waals surface area contributed by atoms with E-state index in [0.29, 0.717) is 67.8 Å². The largest absolute Gasteiger partial charge is 0.460 e. The number of benzene rings is 2. The average molecular weight is 453 g/mol. The number of anilines is 1. The molecule has 0 aromatic heterocycles. The summed E-state index contributed by atoms with van der Waals surface area (Å²) in [5, 5.41) is 2.80. The van der Waals surface area contributed by atoms with Crippen molar-refractivity contribution in [3.8, 4) is 0 Å². The molecule has 0 atom stereocenters. The molecule has 0 aliphatic carbocycles. The number of carbonyl (C=O) groups excluding carboxylic acids is 4. The van der Waals surface area contributed by atoms with E-state index >= 15 is 0 Å². The van der Waals surface area contributed by atoms with Gasteiger partial charge in [0.05, 0.1) is 23.3 Å². The fourth-order valence-electron chi connectivity index (χ4n) is 3.51. The minimum Gasteiger partial charge on any atom is -0.460 e. The quantitative estimate of drug-likeness (QED) is 0.299. The van der Waals surface area contributed by atoms with Crippen LogP contribution < -0.4 is 5.32 Å². The molecule has 0 bridgehead atoms. The summed E-state index contributed by atoms with van der Waals surface area (Å²) in [5.41, 5.74) is 1.90. The molecule has 2 aromatic carbocycles. The molecule has 1 heterocycles. The first kappa shape index (κ1) is 24.1. The van der Waals surface area contributed by atoms with Crippen LogP contribution in [0.2, 0.25) is 0 Å². The Kier molecular flexibility index (Phi) is 8.71. The van der Waals surface area contributed by atoms with Crippen LogP contribution in [0.25, 0.3) is 0 Å². The fourth-order valence-corrected chi connectivity index (χ4v) is 3.51. The molecule has 33 heavy (non-hydrogen) atoms. The number of esters is 1. The van der Waals surface area contributed by atoms with E-state index in [9.17, 15) is 19.2 Å². The molecule has 174 valence electrons. The summed E-state index contributed by atoms with van der Waals surface area (Å²) in [4.78, 5) is 50.0. The summed E-state index contributed by atoms with van der Waals surface area (Å²) < 4.78 is 10.2. The van der Waals surface area contributed by atoms with E-state index in [4.69, 9.17) is 9.47 Å². The maximum Gasteiger partial charge on any atom is 0.338 e. The highest BCUT2D eigenvalue weighted by Gasteiger charge is 2.34. The number of imide groups is 1. The SMILES string of the molecule is CCOCCOC(=O)c1ccc(NC(=O)CCCCCN2C(=O)c3ccccc3C2=O)cc1. The monoisotopic (exact) mass is 452 g/mol. The van der Waals surface area contributed by atoms with E-state index in [1.807, 2.05) is 6.92 Å². The van der Waals surface area contributed by atoms with Gasteiger partial charge in [-0.25, -0.2) is 4.79 Å². The van der Waals surface area contributed by atoms with Gasteiger partial charge in [-0.1, -0.05) is 18.6 Å². The maximum absolute atomic E-state index is 12.3. The summed E-state index contributed by atoms with van der Waals surface area (Å²) in [6.45, 7) is 3.33. The molecule has 8 nitrogen and oxygen atoms in total. The lowest BCUT2D eigenvalue weighted by atomic mass is 10.1. The van der Waals surface area contributed by atoms with E-state index in [1.54, 1.807) is 48.5 Å². The van der Waals surface area contributed by atoms with Crippen molar-refractivity contribution in [3.63, 3.8) is 0 Å². The lowest BCUT2D eigenvalue weighted by molar-refractivity contribution is -0.116. The first-order valence-corrected chi connectivity index (χ1v) is 11.1. The highest BCUT2D eigenvalue weighted by atomic mass is 16.6. The lowest BCUT2D eigenvalue weighted by Crippen LogP contribution is -2.30. The molecule has 0 saturated heterocycles. The maximum atomic E-state index is 12.3. The second kappa shape index (κ2) is 11.9. The van der Waals surface area contributed by atoms with Crippen molar-refractivity contribution >= 4 is 29.4 Å². The number of carbonyl (C=O) groups is 4. The predicted molar refractivity (Wildman–Crippen MR) is 122 cm³/mol. The second-order valence-corrected chi connectivity index (χ2v) is 7.58. The van der Waals surface area contributed by atoms with Crippen LogP contribution in [0.1, 0.15) is 63.7 Å². The Labute approximate surface area is 192 Å². The molecule has 0 unspecified atom stereocenters. The number of hydrogen-bond donors (Lipinski definition) is 1. The molecule has 1 N–H and O–H groups in total. The van der Waals surface area contributed by atoms with E-state index in [-0.39, 0.29) is 24.3 Å². The Balaban J connectivity index is 1.33. The van der Waals surface area contributed by atoms with Gasteiger partial charge in [-0.3, -0.25) is 19.3 Å². The molecule has 3 rings (SSSR count). The van der Waals surface area contributed by atoms with Gasteiger partial charge in [0.2, 0.25) is 5.91 Å². The van der Waals surface area contributed by atoms with Gasteiger partial charge in [-0.05, 0) is 56.2 Å². The Bertz CT molecular complexity index is 967. The molecular formula is C25H28N2O6. The first-order chi connectivity index (χ1) is 16.0. The van der Waals surface area contributed by atoms with Crippen LogP contribution in [0, 0.1) is 0 Å². The van der Waals surface area contributed by atoms with Gasteiger partial charge in [-0.15, -0.1) is 0 Å². The summed E-state index contributed by atoms with van der Waals surface area (Å²) >= 11 is 0. The molecular weight excluding hydrogens is 424 g/mol. The summed E-state index contributed by atoms with van der Waals surface area (Å²) in [5.74, 6) is -1.08. The standard InChI is InChI=1S/C25H28N2O6/c1-2-32-16-17-33-25(31)18-11-13-19(14-12-18)26-22(28)10-4-3-7-15-27-23(29)20-8-5-6-9-21(20)24(27)30/h5-6,8-9,11-14H,2-4,7,10,15-17H2,1H3,(H,26,28). The molecule has 0 radical (unpaired) electrons. The summed E-state index contributed by atoms with van der Waals surface area (Å²) in [6, 6.07) is 13.3. The van der Waals surface area contributed by atoms with Gasteiger partial charge < -0.3 is 14.8 Å². The van der Waals surface area contributed by atoms with Crippen LogP contribution >= 0.6 is 0 Å². The number of unbranched alkanes of at least 4 members (excludes halogenated alkanes) is 2. The first-order valence-electron chi connectivity index (χ1n) is 11.1. The molecule has 3 amide bonds. The number of nitrogens with zero attached hydrogens (tertiary/aromatic N) is 1. The third-order valence-corrected chi connectivity index (χ3v) is 5.23. The Morgan fingerprint density at radius 1 is 0.879 bits per heavy atom. The van der Waals surface area contributed by atoms with Crippen LogP contribution in [0.4, 0.5) is 5.69 Å². The lowest BCUT2D eigenvalue weighted by Gasteiger charge is -2.13. The number of ether oxygens (including phenoxy) is 2. The highest BCUT2D eigenvalue weighted by Crippen LogP contribution is 2.23. The van der Waals surface area contributed by atoms with Gasteiger partial charge in [0.1, 0.15) is 6.61 Å². The van der Waals surface area contributed by atoms with Crippen molar-refractivity contribution < 1.29 is 28.7 Å². The van der Waals surface area contributed by atoms with Crippen LogP contribution in [-0.4, -0.2) is 55.0 Å². The van der Waals surface area contributed by atoms with Crippen LogP contribution in [0.15, 0.2) is 48.5 Å². The second-order valence-electron chi connectivity index (χ2n) is 7.58. The minimum absolute atomic E-state index is 0.136. The normalized spacial score (nSPS) is 12.6.